The highest BCUT2D eigenvalue weighted by Gasteiger charge is 2.14. The lowest BCUT2D eigenvalue weighted by Crippen LogP contribution is -2.28. The number of hydrogen-bond acceptors (Lipinski definition) is 5. The van der Waals surface area contributed by atoms with E-state index in [1.54, 1.807) is 6.07 Å². The average molecular weight is 399 g/mol. The van der Waals surface area contributed by atoms with E-state index >= 15 is 0 Å². The molecule has 1 atom stereocenters. The van der Waals surface area contributed by atoms with Crippen molar-refractivity contribution in [2.24, 2.45) is 5.73 Å². The zero-order chi connectivity index (χ0) is 21.1. The van der Waals surface area contributed by atoms with Crippen molar-refractivity contribution >= 4 is 16.7 Å². The number of rotatable bonds is 6. The first-order valence-corrected chi connectivity index (χ1v) is 10.2. The van der Waals surface area contributed by atoms with Crippen molar-refractivity contribution < 1.29 is 5.11 Å². The number of anilines is 1. The molecule has 0 aliphatic carbocycles. The molecule has 5 nitrogen and oxygen atoms in total. The second-order valence-corrected chi connectivity index (χ2v) is 7.56. The molecule has 152 valence electrons. The molecule has 5 heteroatoms. The summed E-state index contributed by atoms with van der Waals surface area (Å²) in [5, 5.41) is 14.9. The van der Waals surface area contributed by atoms with Crippen LogP contribution < -0.4 is 11.1 Å². The Morgan fingerprint density at radius 2 is 1.77 bits per heavy atom. The van der Waals surface area contributed by atoms with Gasteiger partial charge in [0.1, 0.15) is 11.6 Å². The Bertz CT molecular complexity index is 1190. The Labute approximate surface area is 176 Å². The normalized spacial score (nSPS) is 12.1. The van der Waals surface area contributed by atoms with Crippen LogP contribution in [-0.4, -0.2) is 27.7 Å². The van der Waals surface area contributed by atoms with Gasteiger partial charge in [-0.05, 0) is 48.7 Å². The number of aromatic hydroxyl groups is 1. The van der Waals surface area contributed by atoms with Gasteiger partial charge in [0, 0.05) is 18.0 Å². The van der Waals surface area contributed by atoms with Crippen molar-refractivity contribution in [3.8, 4) is 28.3 Å². The van der Waals surface area contributed by atoms with Gasteiger partial charge < -0.3 is 16.2 Å². The predicted octanol–water partition coefficient (Wildman–Crippen LogP) is 5.13. The van der Waals surface area contributed by atoms with E-state index in [1.165, 1.54) is 5.56 Å². The van der Waals surface area contributed by atoms with Crippen molar-refractivity contribution in [3.05, 3.63) is 72.3 Å². The predicted molar refractivity (Wildman–Crippen MR) is 124 cm³/mol. The molecule has 30 heavy (non-hydrogen) atoms. The van der Waals surface area contributed by atoms with E-state index in [2.05, 4.69) is 37.4 Å². The van der Waals surface area contributed by atoms with E-state index in [1.807, 2.05) is 42.5 Å². The standard InChI is InChI=1S/C25H26N4O/c1-3-19(26)15-27-24-20-9-4-5-10-22(20)28-25(29-24)21-14-18(11-12-23(21)30)17-8-6-7-16(2)13-17/h4-14,19,30H,3,15,26H2,1-2H3,(H,27,28,29). The fourth-order valence-electron chi connectivity index (χ4n) is 3.42. The zero-order valence-corrected chi connectivity index (χ0v) is 17.3. The summed E-state index contributed by atoms with van der Waals surface area (Å²) >= 11 is 0. The number of benzene rings is 3. The second-order valence-electron chi connectivity index (χ2n) is 7.56. The minimum atomic E-state index is 0.0419. The van der Waals surface area contributed by atoms with E-state index in [0.29, 0.717) is 17.9 Å². The van der Waals surface area contributed by atoms with Gasteiger partial charge in [0.2, 0.25) is 0 Å². The van der Waals surface area contributed by atoms with Gasteiger partial charge in [0.05, 0.1) is 11.1 Å². The number of para-hydroxylation sites is 1. The van der Waals surface area contributed by atoms with E-state index < -0.39 is 0 Å². The van der Waals surface area contributed by atoms with Crippen LogP contribution in [0.25, 0.3) is 33.4 Å². The number of hydrogen-bond donors (Lipinski definition) is 3. The number of nitrogens with one attached hydrogen (secondary N) is 1. The Balaban J connectivity index is 1.82. The first-order chi connectivity index (χ1) is 14.5. The van der Waals surface area contributed by atoms with Gasteiger partial charge in [0.25, 0.3) is 0 Å². The fourth-order valence-corrected chi connectivity index (χ4v) is 3.42. The number of nitrogens with zero attached hydrogens (tertiary/aromatic N) is 2. The van der Waals surface area contributed by atoms with Crippen molar-refractivity contribution in [2.45, 2.75) is 26.3 Å². The van der Waals surface area contributed by atoms with Gasteiger partial charge >= 0.3 is 0 Å². The summed E-state index contributed by atoms with van der Waals surface area (Å²) < 4.78 is 0. The Morgan fingerprint density at radius 3 is 2.57 bits per heavy atom. The van der Waals surface area contributed by atoms with Gasteiger partial charge in [-0.1, -0.05) is 55.0 Å². The highest BCUT2D eigenvalue weighted by Crippen LogP contribution is 2.34. The van der Waals surface area contributed by atoms with Gasteiger partial charge in [-0.3, -0.25) is 0 Å². The van der Waals surface area contributed by atoms with Crippen LogP contribution in [0.4, 0.5) is 5.82 Å². The van der Waals surface area contributed by atoms with Crippen LogP contribution in [0.15, 0.2) is 66.7 Å². The third-order valence-corrected chi connectivity index (χ3v) is 5.25. The Kier molecular flexibility index (Phi) is 5.63. The van der Waals surface area contributed by atoms with Crippen molar-refractivity contribution in [2.75, 3.05) is 11.9 Å². The number of aryl methyl sites for hydroxylation is 1. The molecule has 0 fully saturated rings. The third-order valence-electron chi connectivity index (χ3n) is 5.25. The first kappa shape index (κ1) is 19.9. The average Bonchev–Trinajstić information content (AvgIpc) is 2.77. The van der Waals surface area contributed by atoms with E-state index in [4.69, 9.17) is 15.7 Å². The zero-order valence-electron chi connectivity index (χ0n) is 17.3. The van der Waals surface area contributed by atoms with Gasteiger partial charge in [-0.15, -0.1) is 0 Å². The highest BCUT2D eigenvalue weighted by molar-refractivity contribution is 5.91. The number of fused-ring (bicyclic) bond motifs is 1. The summed E-state index contributed by atoms with van der Waals surface area (Å²) in [6.07, 6.45) is 0.877. The third kappa shape index (κ3) is 4.11. The molecule has 1 heterocycles. The Morgan fingerprint density at radius 1 is 0.967 bits per heavy atom. The molecular weight excluding hydrogens is 372 g/mol. The topological polar surface area (TPSA) is 84.1 Å². The lowest BCUT2D eigenvalue weighted by atomic mass is 10.0. The van der Waals surface area contributed by atoms with E-state index in [0.717, 1.165) is 34.3 Å². The quantitative estimate of drug-likeness (QED) is 0.419. The van der Waals surface area contributed by atoms with Crippen LogP contribution in [0.5, 0.6) is 5.75 Å². The second kappa shape index (κ2) is 8.51. The molecule has 0 spiro atoms. The molecule has 0 aliphatic heterocycles. The lowest BCUT2D eigenvalue weighted by Gasteiger charge is -2.15. The van der Waals surface area contributed by atoms with E-state index in [-0.39, 0.29) is 11.8 Å². The number of nitrogens with two attached hydrogens (primary N) is 1. The molecule has 0 radical (unpaired) electrons. The molecule has 1 aromatic heterocycles. The molecule has 0 bridgehead atoms. The SMILES string of the molecule is CCC(N)CNc1nc(-c2cc(-c3cccc(C)c3)ccc2O)nc2ccccc12. The van der Waals surface area contributed by atoms with Crippen LogP contribution in [0.1, 0.15) is 18.9 Å². The van der Waals surface area contributed by atoms with E-state index in [9.17, 15) is 5.11 Å². The largest absolute Gasteiger partial charge is 0.507 e. The fraction of sp³-hybridized carbons (Fsp3) is 0.200. The maximum atomic E-state index is 10.6. The summed E-state index contributed by atoms with van der Waals surface area (Å²) in [6, 6.07) is 21.7. The summed E-state index contributed by atoms with van der Waals surface area (Å²) in [5.41, 5.74) is 10.8. The lowest BCUT2D eigenvalue weighted by molar-refractivity contribution is 0.477. The Hall–Kier alpha value is -3.44. The number of phenolic OH excluding ortho intramolecular Hbond substituents is 1. The number of phenols is 1. The monoisotopic (exact) mass is 398 g/mol. The minimum absolute atomic E-state index is 0.0419. The van der Waals surface area contributed by atoms with Gasteiger partial charge in [-0.25, -0.2) is 9.97 Å². The van der Waals surface area contributed by atoms with Crippen LogP contribution in [0, 0.1) is 6.92 Å². The summed E-state index contributed by atoms with van der Waals surface area (Å²) in [4.78, 5) is 9.48. The van der Waals surface area contributed by atoms with Crippen molar-refractivity contribution in [3.63, 3.8) is 0 Å². The smallest absolute Gasteiger partial charge is 0.165 e. The van der Waals surface area contributed by atoms with Crippen LogP contribution in [-0.2, 0) is 0 Å². The van der Waals surface area contributed by atoms with Gasteiger partial charge in [0.15, 0.2) is 5.82 Å². The summed E-state index contributed by atoms with van der Waals surface area (Å²) in [6.45, 7) is 4.74. The molecule has 0 saturated carbocycles. The summed E-state index contributed by atoms with van der Waals surface area (Å²) in [7, 11) is 0. The maximum Gasteiger partial charge on any atom is 0.165 e. The molecule has 0 aliphatic rings. The molecule has 4 aromatic rings. The number of aromatic nitrogens is 2. The molecule has 1 unspecified atom stereocenters. The van der Waals surface area contributed by atoms with Crippen molar-refractivity contribution in [1.29, 1.82) is 0 Å². The molecule has 0 saturated heterocycles. The van der Waals surface area contributed by atoms with Crippen LogP contribution in [0.2, 0.25) is 0 Å². The van der Waals surface area contributed by atoms with Crippen molar-refractivity contribution in [1.82, 2.24) is 9.97 Å². The minimum Gasteiger partial charge on any atom is -0.507 e. The van der Waals surface area contributed by atoms with Crippen LogP contribution in [0.3, 0.4) is 0 Å². The molecule has 0 amide bonds. The molecule has 4 N–H and O–H groups in total. The first-order valence-electron chi connectivity index (χ1n) is 10.2. The summed E-state index contributed by atoms with van der Waals surface area (Å²) in [5.74, 6) is 1.35. The van der Waals surface area contributed by atoms with Crippen LogP contribution >= 0.6 is 0 Å². The molecule has 4 rings (SSSR count). The van der Waals surface area contributed by atoms with Gasteiger partial charge in [-0.2, -0.15) is 0 Å². The molecular formula is C25H26N4O. The maximum absolute atomic E-state index is 10.6. The molecule has 3 aromatic carbocycles. The highest BCUT2D eigenvalue weighted by atomic mass is 16.3.